The van der Waals surface area contributed by atoms with E-state index in [1.807, 2.05) is 0 Å². The Balaban J connectivity index is 1.66. The molecular formula is C22H18N2O6. The molecule has 0 spiro atoms. The molecule has 1 saturated heterocycles. The van der Waals surface area contributed by atoms with Crippen LogP contribution in [0.15, 0.2) is 59.1 Å². The molecule has 0 saturated carbocycles. The van der Waals surface area contributed by atoms with Crippen molar-refractivity contribution >= 4 is 41.6 Å². The Kier molecular flexibility index (Phi) is 6.17. The van der Waals surface area contributed by atoms with E-state index in [1.54, 1.807) is 48.7 Å². The predicted octanol–water partition coefficient (Wildman–Crippen LogP) is 2.40. The molecule has 0 atom stereocenters. The number of likely N-dealkylation sites (tertiary alicyclic amines) is 1. The van der Waals surface area contributed by atoms with Crippen LogP contribution in [-0.2, 0) is 14.4 Å². The summed E-state index contributed by atoms with van der Waals surface area (Å²) in [6, 6.07) is 13.3. The summed E-state index contributed by atoms with van der Waals surface area (Å²) >= 11 is 0. The first-order valence-electron chi connectivity index (χ1n) is 9.07. The van der Waals surface area contributed by atoms with E-state index >= 15 is 0 Å². The second-order valence-corrected chi connectivity index (χ2v) is 6.65. The van der Waals surface area contributed by atoms with Crippen LogP contribution in [0.1, 0.15) is 27.9 Å². The lowest BCUT2D eigenvalue weighted by molar-refractivity contribution is -0.141. The van der Waals surface area contributed by atoms with Gasteiger partial charge in [-0.1, -0.05) is 24.3 Å². The van der Waals surface area contributed by atoms with Crippen molar-refractivity contribution < 1.29 is 29.4 Å². The van der Waals surface area contributed by atoms with Crippen LogP contribution < -0.4 is 0 Å². The summed E-state index contributed by atoms with van der Waals surface area (Å²) < 4.78 is 0. The van der Waals surface area contributed by atoms with E-state index in [2.05, 4.69) is 4.99 Å². The fourth-order valence-corrected chi connectivity index (χ4v) is 2.87. The number of amides is 1. The zero-order chi connectivity index (χ0) is 21.7. The Bertz CT molecular complexity index is 1050. The van der Waals surface area contributed by atoms with Crippen LogP contribution >= 0.6 is 0 Å². The number of Topliss-reactive ketones (excluding diaryl/α,β-unsaturated/α-hetero) is 1. The first kappa shape index (κ1) is 20.7. The van der Waals surface area contributed by atoms with Gasteiger partial charge in [0.2, 0.25) is 5.78 Å². The van der Waals surface area contributed by atoms with Gasteiger partial charge >= 0.3 is 11.9 Å². The van der Waals surface area contributed by atoms with Crippen LogP contribution in [0.2, 0.25) is 0 Å². The first-order chi connectivity index (χ1) is 14.3. The predicted molar refractivity (Wildman–Crippen MR) is 109 cm³/mol. The van der Waals surface area contributed by atoms with Gasteiger partial charge in [-0.15, -0.1) is 0 Å². The molecule has 3 rings (SSSR count). The molecule has 30 heavy (non-hydrogen) atoms. The minimum atomic E-state index is -1.03. The maximum atomic E-state index is 12.1. The van der Waals surface area contributed by atoms with Crippen molar-refractivity contribution in [3.05, 3.63) is 70.8 Å². The zero-order valence-electron chi connectivity index (χ0n) is 15.8. The molecule has 8 heteroatoms. The van der Waals surface area contributed by atoms with Crippen molar-refractivity contribution in [3.8, 4) is 0 Å². The quantitative estimate of drug-likeness (QED) is 0.413. The number of carboxylic acids is 2. The number of aliphatic imine (C=N–C) groups is 1. The second kappa shape index (κ2) is 8.95. The fourth-order valence-electron chi connectivity index (χ4n) is 2.87. The molecule has 1 heterocycles. The molecule has 2 N–H and O–H groups in total. The number of nitrogens with zero attached hydrogens (tertiary/aromatic N) is 2. The lowest BCUT2D eigenvalue weighted by Crippen LogP contribution is -2.29. The summed E-state index contributed by atoms with van der Waals surface area (Å²) in [5, 5.41) is 17.6. The van der Waals surface area contributed by atoms with Crippen LogP contribution in [0.3, 0.4) is 0 Å². The lowest BCUT2D eigenvalue weighted by atomic mass is 10.1. The monoisotopic (exact) mass is 406 g/mol. The summed E-state index contributed by atoms with van der Waals surface area (Å²) in [5.74, 6) is -3.32. The van der Waals surface area contributed by atoms with Crippen LogP contribution in [-0.4, -0.2) is 58.0 Å². The van der Waals surface area contributed by atoms with Gasteiger partial charge in [0.05, 0.1) is 24.2 Å². The van der Waals surface area contributed by atoms with Crippen LogP contribution in [0.5, 0.6) is 0 Å². The second-order valence-electron chi connectivity index (χ2n) is 6.65. The van der Waals surface area contributed by atoms with Gasteiger partial charge in [-0.3, -0.25) is 19.4 Å². The number of ketones is 1. The highest BCUT2D eigenvalue weighted by atomic mass is 16.4. The molecule has 2 aromatic carbocycles. The smallest absolute Gasteiger partial charge is 0.335 e. The third-order valence-electron chi connectivity index (χ3n) is 4.48. The molecule has 0 radical (unpaired) electrons. The summed E-state index contributed by atoms with van der Waals surface area (Å²) in [6.07, 6.45) is 3.04. The van der Waals surface area contributed by atoms with Gasteiger partial charge in [-0.25, -0.2) is 4.79 Å². The maximum Gasteiger partial charge on any atom is 0.335 e. The van der Waals surface area contributed by atoms with Crippen molar-refractivity contribution in [2.75, 3.05) is 13.1 Å². The minimum absolute atomic E-state index is 0.0000921. The SMILES string of the molecule is O=C(O)CCN1C/C(=C\c2ccc(C=Nc3ccc(C(=O)O)cc3)cc2)C(=O)C1=O. The van der Waals surface area contributed by atoms with E-state index in [9.17, 15) is 19.2 Å². The van der Waals surface area contributed by atoms with Gasteiger partial charge in [-0.2, -0.15) is 0 Å². The Labute approximate surface area is 171 Å². The van der Waals surface area contributed by atoms with Crippen molar-refractivity contribution in [2.45, 2.75) is 6.42 Å². The highest BCUT2D eigenvalue weighted by molar-refractivity contribution is 6.46. The van der Waals surface area contributed by atoms with Crippen molar-refractivity contribution in [2.24, 2.45) is 4.99 Å². The molecule has 8 nitrogen and oxygen atoms in total. The number of aromatic carboxylic acids is 1. The molecule has 0 unspecified atom stereocenters. The zero-order valence-corrected chi connectivity index (χ0v) is 15.8. The van der Waals surface area contributed by atoms with E-state index in [4.69, 9.17) is 10.2 Å². The van der Waals surface area contributed by atoms with Crippen molar-refractivity contribution in [1.29, 1.82) is 0 Å². The van der Waals surface area contributed by atoms with Crippen molar-refractivity contribution in [1.82, 2.24) is 4.90 Å². The number of benzene rings is 2. The number of carboxylic acid groups (broad SMARTS) is 2. The number of carbonyl (C=O) groups is 4. The highest BCUT2D eigenvalue weighted by Crippen LogP contribution is 2.18. The summed E-state index contributed by atoms with van der Waals surface area (Å²) in [6.45, 7) is 0.0978. The Morgan fingerprint density at radius 2 is 1.60 bits per heavy atom. The van der Waals surface area contributed by atoms with Crippen LogP contribution in [0.4, 0.5) is 5.69 Å². The van der Waals surface area contributed by atoms with Gasteiger partial charge in [-0.05, 0) is 41.5 Å². The number of rotatable bonds is 7. The molecule has 1 fully saturated rings. The molecule has 152 valence electrons. The average Bonchev–Trinajstić information content (AvgIpc) is 3.00. The highest BCUT2D eigenvalue weighted by Gasteiger charge is 2.33. The number of hydrogen-bond donors (Lipinski definition) is 2. The molecule has 0 aromatic heterocycles. The van der Waals surface area contributed by atoms with E-state index in [-0.39, 0.29) is 25.1 Å². The number of hydrogen-bond acceptors (Lipinski definition) is 5. The van der Waals surface area contributed by atoms with Gasteiger partial charge in [0.1, 0.15) is 0 Å². The number of aliphatic carboxylic acids is 1. The lowest BCUT2D eigenvalue weighted by Gasteiger charge is -2.11. The molecule has 1 aliphatic heterocycles. The van der Waals surface area contributed by atoms with Crippen LogP contribution in [0.25, 0.3) is 6.08 Å². The summed E-state index contributed by atoms with van der Waals surface area (Å²) in [4.78, 5) is 51.1. The molecule has 0 bridgehead atoms. The van der Waals surface area contributed by atoms with E-state index in [1.165, 1.54) is 17.0 Å². The normalized spacial score (nSPS) is 15.3. The molecule has 0 aliphatic carbocycles. The van der Waals surface area contributed by atoms with Gasteiger partial charge < -0.3 is 15.1 Å². The standard InChI is InChI=1S/C22H18N2O6/c25-19(26)9-10-24-13-17(20(27)21(24)28)11-14-1-3-15(4-2-14)12-23-18-7-5-16(6-8-18)22(29)30/h1-8,11-12H,9-10,13H2,(H,25,26)(H,29,30)/b17-11+,23-12?. The van der Waals surface area contributed by atoms with E-state index in [0.717, 1.165) is 11.1 Å². The van der Waals surface area contributed by atoms with Gasteiger partial charge in [0, 0.05) is 18.3 Å². The topological polar surface area (TPSA) is 124 Å². The maximum absolute atomic E-state index is 12.1. The van der Waals surface area contributed by atoms with Crippen molar-refractivity contribution in [3.63, 3.8) is 0 Å². The average molecular weight is 406 g/mol. The molecular weight excluding hydrogens is 388 g/mol. The third-order valence-corrected chi connectivity index (χ3v) is 4.48. The fraction of sp³-hybridized carbons (Fsp3) is 0.136. The van der Waals surface area contributed by atoms with Gasteiger partial charge in [0.25, 0.3) is 5.91 Å². The minimum Gasteiger partial charge on any atom is -0.481 e. The molecule has 2 aromatic rings. The Morgan fingerprint density at radius 3 is 2.20 bits per heavy atom. The van der Waals surface area contributed by atoms with Gasteiger partial charge in [0.15, 0.2) is 0 Å². The third kappa shape index (κ3) is 5.05. The molecule has 1 amide bonds. The summed E-state index contributed by atoms with van der Waals surface area (Å²) in [5.41, 5.74) is 2.66. The molecule has 1 aliphatic rings. The summed E-state index contributed by atoms with van der Waals surface area (Å²) in [7, 11) is 0. The van der Waals surface area contributed by atoms with Crippen LogP contribution in [0, 0.1) is 0 Å². The Morgan fingerprint density at radius 1 is 0.967 bits per heavy atom. The number of carbonyl (C=O) groups excluding carboxylic acids is 2. The van der Waals surface area contributed by atoms with E-state index in [0.29, 0.717) is 11.3 Å². The largest absolute Gasteiger partial charge is 0.481 e. The van der Waals surface area contributed by atoms with E-state index < -0.39 is 23.6 Å². The Hall–Kier alpha value is -4.07. The first-order valence-corrected chi connectivity index (χ1v) is 9.07.